The summed E-state index contributed by atoms with van der Waals surface area (Å²) in [5.74, 6) is 2.43. The van der Waals surface area contributed by atoms with Gasteiger partial charge in [0.15, 0.2) is 0 Å². The summed E-state index contributed by atoms with van der Waals surface area (Å²) in [5, 5.41) is 8.44. The Morgan fingerprint density at radius 2 is 1.16 bits per heavy atom. The Morgan fingerprint density at radius 1 is 0.710 bits per heavy atom. The Labute approximate surface area is 183 Å². The molecule has 0 unspecified atom stereocenters. The normalized spacial score (nSPS) is 11.0. The minimum atomic E-state index is 0.509. The van der Waals surface area contributed by atoms with Crippen LogP contribution in [0.5, 0.6) is 5.75 Å². The highest BCUT2D eigenvalue weighted by Gasteiger charge is 2.11. The second kappa shape index (κ2) is 9.04. The third-order valence-electron chi connectivity index (χ3n) is 4.96. The lowest BCUT2D eigenvalue weighted by Crippen LogP contribution is -2.07. The van der Waals surface area contributed by atoms with Crippen LogP contribution in [-0.2, 0) is 0 Å². The zero-order valence-electron chi connectivity index (χ0n) is 18.4. The van der Waals surface area contributed by atoms with Crippen LogP contribution in [0.2, 0.25) is 0 Å². The van der Waals surface area contributed by atoms with Gasteiger partial charge < -0.3 is 14.1 Å². The van der Waals surface area contributed by atoms with Crippen molar-refractivity contribution in [2.75, 3.05) is 25.6 Å². The lowest BCUT2D eigenvalue weighted by atomic mass is 10.0. The average molecular weight is 414 g/mol. The van der Waals surface area contributed by atoms with Crippen molar-refractivity contribution in [1.82, 2.24) is 10.2 Å². The molecule has 0 atom stereocenters. The summed E-state index contributed by atoms with van der Waals surface area (Å²) in [6.07, 6.45) is 0. The summed E-state index contributed by atoms with van der Waals surface area (Å²) in [6.45, 7) is 5.01. The van der Waals surface area contributed by atoms with Gasteiger partial charge in [-0.3, -0.25) is 0 Å². The largest absolute Gasteiger partial charge is 0.493 e. The smallest absolute Gasteiger partial charge is 0.248 e. The molecule has 0 amide bonds. The number of anilines is 1. The minimum Gasteiger partial charge on any atom is -0.493 e. The summed E-state index contributed by atoms with van der Waals surface area (Å²) in [6, 6.07) is 24.4. The van der Waals surface area contributed by atoms with Crippen LogP contribution in [0.3, 0.4) is 0 Å². The third-order valence-corrected chi connectivity index (χ3v) is 4.96. The number of nitrogens with zero attached hydrogens (tertiary/aromatic N) is 3. The van der Waals surface area contributed by atoms with Crippen molar-refractivity contribution < 1.29 is 9.15 Å². The van der Waals surface area contributed by atoms with Gasteiger partial charge in [-0.2, -0.15) is 0 Å². The number of hydrogen-bond acceptors (Lipinski definition) is 5. The van der Waals surface area contributed by atoms with Gasteiger partial charge in [0.05, 0.1) is 6.61 Å². The predicted octanol–water partition coefficient (Wildman–Crippen LogP) is 6.17. The van der Waals surface area contributed by atoms with Crippen LogP contribution in [0.1, 0.15) is 13.8 Å². The minimum absolute atomic E-state index is 0.509. The fraction of sp³-hybridized carbons (Fsp3) is 0.231. The molecule has 4 rings (SSSR count). The highest BCUT2D eigenvalue weighted by molar-refractivity contribution is 5.68. The maximum absolute atomic E-state index is 5.91. The molecule has 0 aliphatic rings. The molecule has 0 radical (unpaired) electrons. The maximum atomic E-state index is 5.91. The second-order valence-corrected chi connectivity index (χ2v) is 8.16. The molecule has 5 heteroatoms. The van der Waals surface area contributed by atoms with Crippen LogP contribution in [0.4, 0.5) is 5.69 Å². The number of aromatic nitrogens is 2. The third kappa shape index (κ3) is 4.94. The van der Waals surface area contributed by atoms with Crippen LogP contribution in [0.15, 0.2) is 77.2 Å². The van der Waals surface area contributed by atoms with Crippen molar-refractivity contribution in [2.45, 2.75) is 13.8 Å². The molecule has 0 fully saturated rings. The SMILES string of the molecule is CC(C)COc1ccc(-c2ccc(-c3nnc(-c4ccc(N(C)C)cc4)o3)cc2)cc1. The van der Waals surface area contributed by atoms with Crippen LogP contribution < -0.4 is 9.64 Å². The molecule has 158 valence electrons. The van der Waals surface area contributed by atoms with Gasteiger partial charge in [-0.15, -0.1) is 10.2 Å². The highest BCUT2D eigenvalue weighted by atomic mass is 16.5. The molecule has 0 aliphatic heterocycles. The summed E-state index contributed by atoms with van der Waals surface area (Å²) >= 11 is 0. The Balaban J connectivity index is 1.47. The lowest BCUT2D eigenvalue weighted by Gasteiger charge is -2.11. The monoisotopic (exact) mass is 413 g/mol. The molecular formula is C26H27N3O2. The lowest BCUT2D eigenvalue weighted by molar-refractivity contribution is 0.271. The predicted molar refractivity (Wildman–Crippen MR) is 125 cm³/mol. The quantitative estimate of drug-likeness (QED) is 0.362. The molecule has 3 aromatic carbocycles. The maximum Gasteiger partial charge on any atom is 0.248 e. The van der Waals surface area contributed by atoms with Crippen molar-refractivity contribution in [3.8, 4) is 39.8 Å². The number of benzene rings is 3. The average Bonchev–Trinajstić information content (AvgIpc) is 3.28. The molecule has 1 aromatic heterocycles. The number of hydrogen-bond donors (Lipinski definition) is 0. The molecule has 0 saturated carbocycles. The summed E-state index contributed by atoms with van der Waals surface area (Å²) in [4.78, 5) is 2.05. The van der Waals surface area contributed by atoms with Crippen molar-refractivity contribution >= 4 is 5.69 Å². The zero-order chi connectivity index (χ0) is 21.8. The van der Waals surface area contributed by atoms with Crippen LogP contribution >= 0.6 is 0 Å². The molecule has 1 heterocycles. The first-order chi connectivity index (χ1) is 15.0. The Morgan fingerprint density at radius 3 is 1.65 bits per heavy atom. The summed E-state index contributed by atoms with van der Waals surface area (Å²) < 4.78 is 11.7. The summed E-state index contributed by atoms with van der Waals surface area (Å²) in [7, 11) is 4.02. The molecule has 0 aliphatic carbocycles. The first-order valence-electron chi connectivity index (χ1n) is 10.4. The van der Waals surface area contributed by atoms with E-state index < -0.39 is 0 Å². The van der Waals surface area contributed by atoms with E-state index in [4.69, 9.17) is 9.15 Å². The van der Waals surface area contributed by atoms with E-state index in [0.29, 0.717) is 17.7 Å². The van der Waals surface area contributed by atoms with Gasteiger partial charge in [-0.1, -0.05) is 38.1 Å². The van der Waals surface area contributed by atoms with E-state index in [1.54, 1.807) is 0 Å². The van der Waals surface area contributed by atoms with Crippen molar-refractivity contribution in [2.24, 2.45) is 5.92 Å². The van der Waals surface area contributed by atoms with Crippen molar-refractivity contribution in [3.63, 3.8) is 0 Å². The van der Waals surface area contributed by atoms with Gasteiger partial charge in [0.2, 0.25) is 11.8 Å². The standard InChI is InChI=1S/C26H27N3O2/c1-18(2)17-30-24-15-11-20(12-16-24)19-5-7-21(8-6-19)25-27-28-26(31-25)22-9-13-23(14-10-22)29(3)4/h5-16,18H,17H2,1-4H3. The zero-order valence-corrected chi connectivity index (χ0v) is 18.4. The van der Waals surface area contributed by atoms with Crippen LogP contribution in [0, 0.1) is 5.92 Å². The Bertz CT molecular complexity index is 1110. The number of ether oxygens (including phenoxy) is 1. The molecule has 5 nitrogen and oxygen atoms in total. The van der Waals surface area contributed by atoms with Gasteiger partial charge in [-0.25, -0.2) is 0 Å². The van der Waals surface area contributed by atoms with E-state index in [1.165, 1.54) is 0 Å². The molecule has 0 spiro atoms. The molecule has 0 N–H and O–H groups in total. The van der Waals surface area contributed by atoms with Crippen molar-refractivity contribution in [3.05, 3.63) is 72.8 Å². The topological polar surface area (TPSA) is 51.4 Å². The second-order valence-electron chi connectivity index (χ2n) is 8.16. The van der Waals surface area contributed by atoms with E-state index >= 15 is 0 Å². The number of rotatable bonds is 7. The summed E-state index contributed by atoms with van der Waals surface area (Å²) in [5.41, 5.74) is 5.18. The first kappa shape index (κ1) is 20.7. The Kier molecular flexibility index (Phi) is 6.03. The molecule has 4 aromatic rings. The van der Waals surface area contributed by atoms with E-state index in [2.05, 4.69) is 53.2 Å². The van der Waals surface area contributed by atoms with Gasteiger partial charge in [0.25, 0.3) is 0 Å². The molecule has 0 bridgehead atoms. The fourth-order valence-corrected chi connectivity index (χ4v) is 3.17. The van der Waals surface area contributed by atoms with Gasteiger partial charge in [-0.05, 0) is 65.6 Å². The van der Waals surface area contributed by atoms with Crippen LogP contribution in [0.25, 0.3) is 34.0 Å². The molecular weight excluding hydrogens is 386 g/mol. The van der Waals surface area contributed by atoms with E-state index in [9.17, 15) is 0 Å². The molecule has 0 saturated heterocycles. The van der Waals surface area contributed by atoms with E-state index in [0.717, 1.165) is 40.3 Å². The highest BCUT2D eigenvalue weighted by Crippen LogP contribution is 2.28. The first-order valence-corrected chi connectivity index (χ1v) is 10.4. The van der Waals surface area contributed by atoms with Gasteiger partial charge in [0.1, 0.15) is 5.75 Å². The van der Waals surface area contributed by atoms with Gasteiger partial charge >= 0.3 is 0 Å². The van der Waals surface area contributed by atoms with Crippen LogP contribution in [-0.4, -0.2) is 30.9 Å². The van der Waals surface area contributed by atoms with E-state index in [-0.39, 0.29) is 0 Å². The molecule has 31 heavy (non-hydrogen) atoms. The van der Waals surface area contributed by atoms with Gasteiger partial charge in [0, 0.05) is 30.9 Å². The van der Waals surface area contributed by atoms with Crippen molar-refractivity contribution in [1.29, 1.82) is 0 Å². The Hall–Kier alpha value is -3.60. The fourth-order valence-electron chi connectivity index (χ4n) is 3.17. The van der Waals surface area contributed by atoms with E-state index in [1.807, 2.05) is 62.6 Å².